The van der Waals surface area contributed by atoms with Gasteiger partial charge in [0.1, 0.15) is 0 Å². The van der Waals surface area contributed by atoms with Gasteiger partial charge in [-0.2, -0.15) is 13.2 Å². The summed E-state index contributed by atoms with van der Waals surface area (Å²) in [6.45, 7) is 0.486. The van der Waals surface area contributed by atoms with E-state index in [1.165, 1.54) is 6.08 Å². The molecule has 1 atom stereocenters. The summed E-state index contributed by atoms with van der Waals surface area (Å²) in [6.07, 6.45) is -4.00. The molecule has 0 saturated carbocycles. The van der Waals surface area contributed by atoms with Crippen LogP contribution in [0.5, 0.6) is 0 Å². The highest BCUT2D eigenvalue weighted by molar-refractivity contribution is 5.13. The second kappa shape index (κ2) is 7.18. The smallest absolute Gasteiger partial charge is 0.373 e. The second-order valence-electron chi connectivity index (χ2n) is 3.63. The Labute approximate surface area is 104 Å². The summed E-state index contributed by atoms with van der Waals surface area (Å²) in [4.78, 5) is 0. The third-order valence-electron chi connectivity index (χ3n) is 2.21. The Morgan fingerprint density at radius 2 is 1.89 bits per heavy atom. The van der Waals surface area contributed by atoms with E-state index in [0.29, 0.717) is 6.61 Å². The Kier molecular flexibility index (Phi) is 5.88. The molecule has 1 aromatic carbocycles. The molecule has 0 fully saturated rings. The largest absolute Gasteiger partial charge is 0.418 e. The molecule has 1 aromatic rings. The van der Waals surface area contributed by atoms with Gasteiger partial charge in [0.25, 0.3) is 0 Å². The van der Waals surface area contributed by atoms with Crippen molar-refractivity contribution in [2.24, 2.45) is 0 Å². The van der Waals surface area contributed by atoms with Crippen LogP contribution in [0.4, 0.5) is 13.2 Å². The van der Waals surface area contributed by atoms with Gasteiger partial charge in [-0.1, -0.05) is 36.4 Å². The zero-order chi connectivity index (χ0) is 13.4. The maximum atomic E-state index is 12.3. The first-order chi connectivity index (χ1) is 8.54. The average Bonchev–Trinajstić information content (AvgIpc) is 2.33. The maximum absolute atomic E-state index is 12.3. The molecule has 2 nitrogen and oxygen atoms in total. The number of ether oxygens (including phenoxy) is 2. The summed E-state index contributed by atoms with van der Waals surface area (Å²) >= 11 is 0. The first-order valence-corrected chi connectivity index (χ1v) is 5.42. The highest BCUT2D eigenvalue weighted by Crippen LogP contribution is 2.23. The Balaban J connectivity index is 2.29. The Bertz CT molecular complexity index is 360. The second-order valence-corrected chi connectivity index (χ2v) is 3.63. The van der Waals surface area contributed by atoms with Gasteiger partial charge in [0.05, 0.1) is 13.2 Å². The maximum Gasteiger partial charge on any atom is 0.418 e. The van der Waals surface area contributed by atoms with Crippen LogP contribution in [0, 0.1) is 0 Å². The third kappa shape index (κ3) is 5.33. The molecule has 0 saturated heterocycles. The van der Waals surface area contributed by atoms with E-state index in [0.717, 1.165) is 18.7 Å². The minimum Gasteiger partial charge on any atom is -0.373 e. The first-order valence-electron chi connectivity index (χ1n) is 5.42. The van der Waals surface area contributed by atoms with Crippen molar-refractivity contribution >= 4 is 0 Å². The van der Waals surface area contributed by atoms with Crippen molar-refractivity contribution in [3.05, 3.63) is 48.0 Å². The fraction of sp³-hybridized carbons (Fsp3) is 0.385. The lowest BCUT2D eigenvalue weighted by Gasteiger charge is -2.14. The monoisotopic (exact) mass is 260 g/mol. The molecule has 0 aliphatic heterocycles. The van der Waals surface area contributed by atoms with Gasteiger partial charge in [-0.05, 0) is 11.6 Å². The molecular formula is C13H15F3O2. The summed E-state index contributed by atoms with van der Waals surface area (Å²) < 4.78 is 46.4. The molecule has 0 aliphatic carbocycles. The van der Waals surface area contributed by atoms with Crippen LogP contribution in [0.3, 0.4) is 0 Å². The Morgan fingerprint density at radius 1 is 1.22 bits per heavy atom. The number of hydrogen-bond acceptors (Lipinski definition) is 2. The fourth-order valence-corrected chi connectivity index (χ4v) is 1.32. The minimum absolute atomic E-state index is 0.116. The predicted molar refractivity (Wildman–Crippen MR) is 62.1 cm³/mol. The van der Waals surface area contributed by atoms with Crippen molar-refractivity contribution < 1.29 is 22.6 Å². The predicted octanol–water partition coefficient (Wildman–Crippen LogP) is 3.34. The van der Waals surface area contributed by atoms with Crippen LogP contribution >= 0.6 is 0 Å². The molecule has 0 spiro atoms. The molecule has 5 heteroatoms. The third-order valence-corrected chi connectivity index (χ3v) is 2.21. The number of halogens is 3. The average molecular weight is 260 g/mol. The van der Waals surface area contributed by atoms with E-state index in [4.69, 9.17) is 4.74 Å². The number of rotatable bonds is 6. The van der Waals surface area contributed by atoms with Crippen LogP contribution in [-0.2, 0) is 16.1 Å². The number of methoxy groups -OCH3 is 1. The molecule has 18 heavy (non-hydrogen) atoms. The van der Waals surface area contributed by atoms with Gasteiger partial charge in [0.2, 0.25) is 0 Å². The lowest BCUT2D eigenvalue weighted by atomic mass is 10.2. The molecule has 0 heterocycles. The lowest BCUT2D eigenvalue weighted by molar-refractivity contribution is -0.196. The van der Waals surface area contributed by atoms with Crippen molar-refractivity contribution in [1.82, 2.24) is 0 Å². The summed E-state index contributed by atoms with van der Waals surface area (Å²) in [5.41, 5.74) is 0.977. The first kappa shape index (κ1) is 14.7. The van der Waals surface area contributed by atoms with Crippen LogP contribution in [-0.4, -0.2) is 26.0 Å². The minimum atomic E-state index is -4.38. The molecule has 100 valence electrons. The topological polar surface area (TPSA) is 18.5 Å². The van der Waals surface area contributed by atoms with E-state index in [9.17, 15) is 13.2 Å². The van der Waals surface area contributed by atoms with Crippen molar-refractivity contribution in [2.75, 3.05) is 13.7 Å². The normalized spacial score (nSPS) is 14.0. The van der Waals surface area contributed by atoms with Crippen molar-refractivity contribution in [3.8, 4) is 0 Å². The van der Waals surface area contributed by atoms with E-state index >= 15 is 0 Å². The van der Waals surface area contributed by atoms with E-state index < -0.39 is 12.3 Å². The molecule has 1 unspecified atom stereocenters. The molecular weight excluding hydrogens is 245 g/mol. The molecule has 0 bridgehead atoms. The van der Waals surface area contributed by atoms with Crippen molar-refractivity contribution in [2.45, 2.75) is 18.9 Å². The van der Waals surface area contributed by atoms with E-state index in [1.54, 1.807) is 0 Å². The summed E-state index contributed by atoms with van der Waals surface area (Å²) in [5, 5.41) is 0. The molecule has 0 aliphatic rings. The van der Waals surface area contributed by atoms with Gasteiger partial charge in [-0.15, -0.1) is 0 Å². The molecule has 0 radical (unpaired) electrons. The van der Waals surface area contributed by atoms with Crippen molar-refractivity contribution in [3.63, 3.8) is 0 Å². The molecule has 0 amide bonds. The zero-order valence-corrected chi connectivity index (χ0v) is 9.98. The van der Waals surface area contributed by atoms with Crippen LogP contribution in [0.1, 0.15) is 5.56 Å². The lowest BCUT2D eigenvalue weighted by Crippen LogP contribution is -2.28. The van der Waals surface area contributed by atoms with Crippen LogP contribution < -0.4 is 0 Å². The molecule has 0 N–H and O–H groups in total. The Hall–Kier alpha value is -1.33. The van der Waals surface area contributed by atoms with Gasteiger partial charge in [-0.25, -0.2) is 0 Å². The van der Waals surface area contributed by atoms with Gasteiger partial charge < -0.3 is 9.47 Å². The van der Waals surface area contributed by atoms with Gasteiger partial charge in [-0.3, -0.25) is 0 Å². The summed E-state index contributed by atoms with van der Waals surface area (Å²) in [7, 11) is 1.02. The van der Waals surface area contributed by atoms with E-state index in [-0.39, 0.29) is 6.61 Å². The van der Waals surface area contributed by atoms with Crippen LogP contribution in [0.25, 0.3) is 0 Å². The van der Waals surface area contributed by atoms with Gasteiger partial charge in [0, 0.05) is 7.11 Å². The summed E-state index contributed by atoms with van der Waals surface area (Å²) in [5.74, 6) is 0. The van der Waals surface area contributed by atoms with E-state index in [1.807, 2.05) is 30.3 Å². The number of benzene rings is 1. The Morgan fingerprint density at radius 3 is 2.44 bits per heavy atom. The number of alkyl halides is 3. The van der Waals surface area contributed by atoms with Crippen LogP contribution in [0.15, 0.2) is 42.5 Å². The zero-order valence-electron chi connectivity index (χ0n) is 9.98. The van der Waals surface area contributed by atoms with Crippen LogP contribution in [0.2, 0.25) is 0 Å². The molecule has 0 aromatic heterocycles. The van der Waals surface area contributed by atoms with Gasteiger partial charge >= 0.3 is 6.18 Å². The standard InChI is InChI=1S/C13H15F3O2/c1-17-12(13(14,15)16)8-5-9-18-10-11-6-3-2-4-7-11/h2-8,12H,9-10H2,1H3/b8-5+. The quantitative estimate of drug-likeness (QED) is 0.577. The number of hydrogen-bond donors (Lipinski definition) is 0. The molecule has 1 rings (SSSR count). The van der Waals surface area contributed by atoms with E-state index in [2.05, 4.69) is 4.74 Å². The van der Waals surface area contributed by atoms with Gasteiger partial charge in [0.15, 0.2) is 6.10 Å². The fourth-order valence-electron chi connectivity index (χ4n) is 1.32. The highest BCUT2D eigenvalue weighted by atomic mass is 19.4. The SMILES string of the molecule is COC(/C=C/COCc1ccccc1)C(F)(F)F. The van der Waals surface area contributed by atoms with Crippen molar-refractivity contribution in [1.29, 1.82) is 0 Å². The highest BCUT2D eigenvalue weighted by Gasteiger charge is 2.37. The summed E-state index contributed by atoms with van der Waals surface area (Å²) in [6, 6.07) is 9.41.